The second-order valence-corrected chi connectivity index (χ2v) is 6.50. The van der Waals surface area contributed by atoms with Crippen molar-refractivity contribution in [3.63, 3.8) is 0 Å². The Bertz CT molecular complexity index is 855. The summed E-state index contributed by atoms with van der Waals surface area (Å²) in [7, 11) is 1.33. The minimum atomic E-state index is -0.600. The molecule has 0 heterocycles. The van der Waals surface area contributed by atoms with E-state index >= 15 is 0 Å². The molecule has 2 rings (SSSR count). The number of nitro benzene ring substituents is 1. The zero-order chi connectivity index (χ0) is 19.8. The molecule has 27 heavy (non-hydrogen) atoms. The van der Waals surface area contributed by atoms with Gasteiger partial charge in [-0.1, -0.05) is 19.1 Å². The van der Waals surface area contributed by atoms with Gasteiger partial charge in [0.05, 0.1) is 29.4 Å². The van der Waals surface area contributed by atoms with Crippen molar-refractivity contribution < 1.29 is 24.0 Å². The fourth-order valence-corrected chi connectivity index (χ4v) is 3.00. The molecule has 9 heteroatoms. The summed E-state index contributed by atoms with van der Waals surface area (Å²) in [4.78, 5) is 35.3. The van der Waals surface area contributed by atoms with E-state index in [1.54, 1.807) is 12.1 Å². The average Bonchev–Trinajstić information content (AvgIpc) is 2.67. The van der Waals surface area contributed by atoms with Crippen LogP contribution in [0, 0.1) is 10.1 Å². The van der Waals surface area contributed by atoms with Crippen LogP contribution in [0.3, 0.4) is 0 Å². The van der Waals surface area contributed by atoms with Crippen molar-refractivity contribution in [1.29, 1.82) is 0 Å². The van der Waals surface area contributed by atoms with Crippen molar-refractivity contribution in [2.45, 2.75) is 11.8 Å². The van der Waals surface area contributed by atoms with E-state index < -0.39 is 23.4 Å². The van der Waals surface area contributed by atoms with E-state index in [2.05, 4.69) is 5.32 Å². The molecule has 0 radical (unpaired) electrons. The number of rotatable bonds is 8. The first-order valence-corrected chi connectivity index (χ1v) is 8.96. The highest BCUT2D eigenvalue weighted by Crippen LogP contribution is 2.29. The number of ether oxygens (including phenoxy) is 2. The summed E-state index contributed by atoms with van der Waals surface area (Å²) in [5.74, 6) is -0.257. The van der Waals surface area contributed by atoms with Gasteiger partial charge in [0.2, 0.25) is 0 Å². The Morgan fingerprint density at radius 1 is 1.22 bits per heavy atom. The molecule has 0 saturated heterocycles. The predicted molar refractivity (Wildman–Crippen MR) is 101 cm³/mol. The lowest BCUT2D eigenvalue weighted by atomic mass is 10.2. The molecule has 1 N–H and O–H groups in total. The quantitative estimate of drug-likeness (QED) is 0.318. The second-order valence-electron chi connectivity index (χ2n) is 5.20. The lowest BCUT2D eigenvalue weighted by molar-refractivity contribution is -0.384. The zero-order valence-electron chi connectivity index (χ0n) is 14.8. The molecule has 142 valence electrons. The third kappa shape index (κ3) is 5.45. The molecule has 8 nitrogen and oxygen atoms in total. The molecule has 2 aromatic carbocycles. The SMILES string of the molecule is CCSc1ccccc1C(=O)OCC(=O)Nc1ccc([N+](=O)[O-])cc1OC. The standard InChI is InChI=1S/C18H18N2O6S/c1-3-27-16-7-5-4-6-13(16)18(22)26-11-17(21)19-14-9-8-12(20(23)24)10-15(14)25-2/h4-10H,3,11H2,1-2H3,(H,19,21). The van der Waals surface area contributed by atoms with Crippen LogP contribution in [0.25, 0.3) is 0 Å². The number of amides is 1. The number of hydrogen-bond acceptors (Lipinski definition) is 7. The Labute approximate surface area is 160 Å². The molecular formula is C18H18N2O6S. The topological polar surface area (TPSA) is 108 Å². The molecular weight excluding hydrogens is 372 g/mol. The number of esters is 1. The lowest BCUT2D eigenvalue weighted by Crippen LogP contribution is -2.21. The maximum atomic E-state index is 12.2. The van der Waals surface area contributed by atoms with Crippen LogP contribution in [0.2, 0.25) is 0 Å². The summed E-state index contributed by atoms with van der Waals surface area (Å²) >= 11 is 1.50. The van der Waals surface area contributed by atoms with Crippen molar-refractivity contribution in [3.8, 4) is 5.75 Å². The monoisotopic (exact) mass is 390 g/mol. The molecule has 0 aliphatic heterocycles. The van der Waals surface area contributed by atoms with Gasteiger partial charge < -0.3 is 14.8 Å². The summed E-state index contributed by atoms with van der Waals surface area (Å²) in [6.07, 6.45) is 0. The molecule has 0 spiro atoms. The van der Waals surface area contributed by atoms with Gasteiger partial charge in [-0.2, -0.15) is 0 Å². The number of non-ortho nitro benzene ring substituents is 1. The van der Waals surface area contributed by atoms with Crippen LogP contribution in [-0.2, 0) is 9.53 Å². The zero-order valence-corrected chi connectivity index (χ0v) is 15.6. The first-order valence-electron chi connectivity index (χ1n) is 7.97. The number of nitrogens with one attached hydrogen (secondary N) is 1. The van der Waals surface area contributed by atoms with Gasteiger partial charge in [-0.05, 0) is 24.0 Å². The number of hydrogen-bond donors (Lipinski definition) is 1. The summed E-state index contributed by atoms with van der Waals surface area (Å²) in [5.41, 5.74) is 0.470. The fourth-order valence-electron chi connectivity index (χ4n) is 2.21. The number of nitrogens with zero attached hydrogens (tertiary/aromatic N) is 1. The first-order chi connectivity index (χ1) is 13.0. The Kier molecular flexibility index (Phi) is 7.18. The number of carbonyl (C=O) groups is 2. The number of anilines is 1. The summed E-state index contributed by atoms with van der Waals surface area (Å²) in [6.45, 7) is 1.47. The molecule has 0 bridgehead atoms. The molecule has 0 aliphatic carbocycles. The normalized spacial score (nSPS) is 10.1. The van der Waals surface area contributed by atoms with E-state index in [1.807, 2.05) is 19.1 Å². The Balaban J connectivity index is 2.00. The third-order valence-corrected chi connectivity index (χ3v) is 4.37. The number of thioether (sulfide) groups is 1. The van der Waals surface area contributed by atoms with E-state index in [0.717, 1.165) is 10.6 Å². The van der Waals surface area contributed by atoms with E-state index in [-0.39, 0.29) is 17.1 Å². The van der Waals surface area contributed by atoms with Crippen LogP contribution in [0.4, 0.5) is 11.4 Å². The van der Waals surface area contributed by atoms with Gasteiger partial charge in [0.15, 0.2) is 6.61 Å². The molecule has 0 aromatic heterocycles. The predicted octanol–water partition coefficient (Wildman–Crippen LogP) is 3.51. The highest BCUT2D eigenvalue weighted by atomic mass is 32.2. The van der Waals surface area contributed by atoms with Gasteiger partial charge in [0.25, 0.3) is 11.6 Å². The smallest absolute Gasteiger partial charge is 0.339 e. The molecule has 0 fully saturated rings. The van der Waals surface area contributed by atoms with Crippen molar-refractivity contribution in [2.75, 3.05) is 24.8 Å². The van der Waals surface area contributed by atoms with Crippen LogP contribution >= 0.6 is 11.8 Å². The van der Waals surface area contributed by atoms with Crippen molar-refractivity contribution in [3.05, 3.63) is 58.1 Å². The highest BCUT2D eigenvalue weighted by molar-refractivity contribution is 7.99. The molecule has 0 atom stereocenters. The Hall–Kier alpha value is -3.07. The third-order valence-electron chi connectivity index (χ3n) is 3.41. The minimum absolute atomic E-state index is 0.133. The van der Waals surface area contributed by atoms with Gasteiger partial charge in [0.1, 0.15) is 5.75 Å². The number of carbonyl (C=O) groups excluding carboxylic acids is 2. The van der Waals surface area contributed by atoms with Crippen LogP contribution in [0.15, 0.2) is 47.4 Å². The Morgan fingerprint density at radius 2 is 1.96 bits per heavy atom. The number of methoxy groups -OCH3 is 1. The largest absolute Gasteiger partial charge is 0.494 e. The number of benzene rings is 2. The molecule has 1 amide bonds. The van der Waals surface area contributed by atoms with Crippen molar-refractivity contribution >= 4 is 35.0 Å². The fraction of sp³-hybridized carbons (Fsp3) is 0.222. The lowest BCUT2D eigenvalue weighted by Gasteiger charge is -2.11. The summed E-state index contributed by atoms with van der Waals surface area (Å²) in [6, 6.07) is 10.8. The molecule has 0 saturated carbocycles. The maximum absolute atomic E-state index is 12.2. The van der Waals surface area contributed by atoms with Gasteiger partial charge >= 0.3 is 5.97 Å². The summed E-state index contributed by atoms with van der Waals surface area (Å²) < 4.78 is 10.1. The van der Waals surface area contributed by atoms with Crippen LogP contribution in [0.1, 0.15) is 17.3 Å². The molecule has 2 aromatic rings. The molecule has 0 aliphatic rings. The average molecular weight is 390 g/mol. The van der Waals surface area contributed by atoms with Crippen LogP contribution < -0.4 is 10.1 Å². The van der Waals surface area contributed by atoms with E-state index in [4.69, 9.17) is 9.47 Å². The van der Waals surface area contributed by atoms with Gasteiger partial charge in [0, 0.05) is 11.0 Å². The first kappa shape index (κ1) is 20.2. The summed E-state index contributed by atoms with van der Waals surface area (Å²) in [5, 5.41) is 13.3. The maximum Gasteiger partial charge on any atom is 0.339 e. The number of nitro groups is 1. The van der Waals surface area contributed by atoms with Crippen molar-refractivity contribution in [1.82, 2.24) is 0 Å². The second kappa shape index (κ2) is 9.58. The van der Waals surface area contributed by atoms with Gasteiger partial charge in [-0.25, -0.2) is 4.79 Å². The van der Waals surface area contributed by atoms with E-state index in [0.29, 0.717) is 5.56 Å². The highest BCUT2D eigenvalue weighted by Gasteiger charge is 2.16. The minimum Gasteiger partial charge on any atom is -0.494 e. The van der Waals surface area contributed by atoms with Gasteiger partial charge in [-0.15, -0.1) is 11.8 Å². The molecule has 0 unspecified atom stereocenters. The van der Waals surface area contributed by atoms with Crippen LogP contribution in [0.5, 0.6) is 5.75 Å². The van der Waals surface area contributed by atoms with E-state index in [1.165, 1.54) is 37.1 Å². The van der Waals surface area contributed by atoms with Crippen molar-refractivity contribution in [2.24, 2.45) is 0 Å². The van der Waals surface area contributed by atoms with Gasteiger partial charge in [-0.3, -0.25) is 14.9 Å². The van der Waals surface area contributed by atoms with Crippen LogP contribution in [-0.4, -0.2) is 36.3 Å². The Morgan fingerprint density at radius 3 is 2.63 bits per heavy atom. The van der Waals surface area contributed by atoms with E-state index in [9.17, 15) is 19.7 Å².